The SMILES string of the molecule is C=CCOc1ccc(C(O)=C2C(=O)C(=O)N(CCCN3CCOCC3)[C@@H]2c2ccc(C(C)C)cc2)cc1. The number of nitrogens with zero attached hydrogens (tertiary/aromatic N) is 2. The maximum Gasteiger partial charge on any atom is 0.295 e. The van der Waals surface area contributed by atoms with Gasteiger partial charge in [-0.2, -0.15) is 0 Å². The van der Waals surface area contributed by atoms with Crippen LogP contribution in [0.4, 0.5) is 0 Å². The van der Waals surface area contributed by atoms with Crippen molar-refractivity contribution in [3.63, 3.8) is 0 Å². The van der Waals surface area contributed by atoms with Gasteiger partial charge in [-0.1, -0.05) is 50.8 Å². The van der Waals surface area contributed by atoms with Crippen molar-refractivity contribution in [3.05, 3.63) is 83.4 Å². The summed E-state index contributed by atoms with van der Waals surface area (Å²) in [6.07, 6.45) is 2.38. The molecule has 37 heavy (non-hydrogen) atoms. The van der Waals surface area contributed by atoms with Crippen molar-refractivity contribution in [2.75, 3.05) is 46.0 Å². The lowest BCUT2D eigenvalue weighted by atomic mass is 9.93. The van der Waals surface area contributed by atoms with Crippen molar-refractivity contribution < 1.29 is 24.2 Å². The molecule has 0 unspecified atom stereocenters. The zero-order valence-electron chi connectivity index (χ0n) is 21.7. The van der Waals surface area contributed by atoms with E-state index in [9.17, 15) is 14.7 Å². The number of Topliss-reactive ketones (excluding diaryl/α,β-unsaturated/α-hetero) is 1. The molecule has 2 aliphatic heterocycles. The molecule has 2 saturated heterocycles. The van der Waals surface area contributed by atoms with Crippen LogP contribution in [0.15, 0.2) is 66.8 Å². The molecule has 0 aliphatic carbocycles. The highest BCUT2D eigenvalue weighted by Crippen LogP contribution is 2.40. The van der Waals surface area contributed by atoms with Gasteiger partial charge in [-0.25, -0.2) is 0 Å². The Kier molecular flexibility index (Phi) is 8.79. The summed E-state index contributed by atoms with van der Waals surface area (Å²) < 4.78 is 11.0. The third-order valence-corrected chi connectivity index (χ3v) is 6.93. The first-order chi connectivity index (χ1) is 17.9. The molecule has 4 rings (SSSR count). The van der Waals surface area contributed by atoms with Crippen LogP contribution < -0.4 is 4.74 Å². The number of amides is 1. The molecule has 0 bridgehead atoms. The van der Waals surface area contributed by atoms with E-state index >= 15 is 0 Å². The number of ether oxygens (including phenoxy) is 2. The van der Waals surface area contributed by atoms with Crippen LogP contribution in [0.5, 0.6) is 5.75 Å². The number of carbonyl (C=O) groups excluding carboxylic acids is 2. The summed E-state index contributed by atoms with van der Waals surface area (Å²) in [6.45, 7) is 12.6. The average molecular weight is 505 g/mol. The van der Waals surface area contributed by atoms with Crippen LogP contribution in [0.25, 0.3) is 5.76 Å². The van der Waals surface area contributed by atoms with Gasteiger partial charge in [0.2, 0.25) is 0 Å². The molecule has 2 aromatic carbocycles. The number of benzene rings is 2. The maximum atomic E-state index is 13.3. The summed E-state index contributed by atoms with van der Waals surface area (Å²) in [5.41, 5.74) is 2.56. The fourth-order valence-corrected chi connectivity index (χ4v) is 4.83. The lowest BCUT2D eigenvalue weighted by Gasteiger charge is -2.29. The fraction of sp³-hybridized carbons (Fsp3) is 0.400. The summed E-state index contributed by atoms with van der Waals surface area (Å²) in [7, 11) is 0. The Morgan fingerprint density at radius 2 is 1.76 bits per heavy atom. The van der Waals surface area contributed by atoms with E-state index in [1.165, 1.54) is 5.56 Å². The van der Waals surface area contributed by atoms with Gasteiger partial charge in [0.25, 0.3) is 11.7 Å². The average Bonchev–Trinajstić information content (AvgIpc) is 3.17. The van der Waals surface area contributed by atoms with Crippen molar-refractivity contribution in [2.45, 2.75) is 32.2 Å². The first-order valence-electron chi connectivity index (χ1n) is 12.9. The molecule has 2 heterocycles. The van der Waals surface area contributed by atoms with Crippen molar-refractivity contribution in [1.82, 2.24) is 9.80 Å². The molecule has 0 aromatic heterocycles. The summed E-state index contributed by atoms with van der Waals surface area (Å²) >= 11 is 0. The topological polar surface area (TPSA) is 79.3 Å². The molecule has 0 radical (unpaired) electrons. The van der Waals surface area contributed by atoms with Crippen LogP contribution in [-0.2, 0) is 14.3 Å². The van der Waals surface area contributed by atoms with E-state index < -0.39 is 17.7 Å². The van der Waals surface area contributed by atoms with Gasteiger partial charge >= 0.3 is 0 Å². The predicted molar refractivity (Wildman–Crippen MR) is 144 cm³/mol. The number of morpholine rings is 1. The quantitative estimate of drug-likeness (QED) is 0.222. The molecule has 7 nitrogen and oxygen atoms in total. The van der Waals surface area contributed by atoms with E-state index in [4.69, 9.17) is 9.47 Å². The molecular formula is C30H36N2O5. The highest BCUT2D eigenvalue weighted by Gasteiger charge is 2.45. The third-order valence-electron chi connectivity index (χ3n) is 6.93. The number of carbonyl (C=O) groups is 2. The van der Waals surface area contributed by atoms with Gasteiger partial charge in [0.15, 0.2) is 0 Å². The van der Waals surface area contributed by atoms with E-state index in [1.54, 1.807) is 35.2 Å². The molecule has 2 aromatic rings. The lowest BCUT2D eigenvalue weighted by Crippen LogP contribution is -2.38. The maximum absolute atomic E-state index is 13.3. The van der Waals surface area contributed by atoms with Gasteiger partial charge in [0.1, 0.15) is 18.1 Å². The molecule has 0 saturated carbocycles. The van der Waals surface area contributed by atoms with Crippen LogP contribution in [0.2, 0.25) is 0 Å². The van der Waals surface area contributed by atoms with Crippen LogP contribution >= 0.6 is 0 Å². The Hall–Kier alpha value is -3.42. The van der Waals surface area contributed by atoms with Gasteiger partial charge in [-0.15, -0.1) is 0 Å². The van der Waals surface area contributed by atoms with Crippen molar-refractivity contribution >= 4 is 17.4 Å². The standard InChI is InChI=1S/C30H36N2O5/c1-4-18-37-25-12-10-24(11-13-25)28(33)26-27(23-8-6-22(7-9-23)21(2)3)32(30(35)29(26)34)15-5-14-31-16-19-36-20-17-31/h4,6-13,21,27,33H,1,5,14-20H2,2-3H3/t27-/m1/s1. The van der Waals surface area contributed by atoms with Crippen molar-refractivity contribution in [2.24, 2.45) is 0 Å². The number of ketones is 1. The number of likely N-dealkylation sites (tertiary alicyclic amines) is 1. The molecule has 1 N–H and O–H groups in total. The minimum Gasteiger partial charge on any atom is -0.507 e. The Morgan fingerprint density at radius 1 is 1.08 bits per heavy atom. The Bertz CT molecular complexity index is 1130. The van der Waals surface area contributed by atoms with Crippen LogP contribution in [0.3, 0.4) is 0 Å². The van der Waals surface area contributed by atoms with Crippen molar-refractivity contribution in [3.8, 4) is 5.75 Å². The molecule has 2 aliphatic rings. The smallest absolute Gasteiger partial charge is 0.295 e. The number of hydrogen-bond acceptors (Lipinski definition) is 6. The van der Waals surface area contributed by atoms with E-state index in [0.717, 1.165) is 31.6 Å². The van der Waals surface area contributed by atoms with E-state index in [1.807, 2.05) is 24.3 Å². The van der Waals surface area contributed by atoms with Crippen LogP contribution in [-0.4, -0.2) is 72.6 Å². The monoisotopic (exact) mass is 504 g/mol. The summed E-state index contributed by atoms with van der Waals surface area (Å²) in [5.74, 6) is -0.431. The highest BCUT2D eigenvalue weighted by atomic mass is 16.5. The number of aliphatic hydroxyl groups excluding tert-OH is 1. The molecule has 0 spiro atoms. The van der Waals surface area contributed by atoms with Gasteiger partial charge in [0, 0.05) is 31.7 Å². The van der Waals surface area contributed by atoms with Gasteiger partial charge in [-0.3, -0.25) is 14.5 Å². The first kappa shape index (κ1) is 26.6. The second-order valence-corrected chi connectivity index (χ2v) is 9.75. The molecule has 2 fully saturated rings. The second-order valence-electron chi connectivity index (χ2n) is 9.75. The summed E-state index contributed by atoms with van der Waals surface area (Å²) in [6, 6.07) is 14.2. The number of hydrogen-bond donors (Lipinski definition) is 1. The molecule has 7 heteroatoms. The molecule has 1 atom stereocenters. The third kappa shape index (κ3) is 6.12. The Morgan fingerprint density at radius 3 is 2.38 bits per heavy atom. The normalized spacial score (nSPS) is 20.0. The highest BCUT2D eigenvalue weighted by molar-refractivity contribution is 6.46. The van der Waals surface area contributed by atoms with Gasteiger partial charge in [0.05, 0.1) is 24.8 Å². The molecule has 1 amide bonds. The van der Waals surface area contributed by atoms with Gasteiger partial charge in [-0.05, 0) is 47.7 Å². The Labute approximate surface area is 219 Å². The second kappa shape index (κ2) is 12.2. The zero-order chi connectivity index (χ0) is 26.4. The fourth-order valence-electron chi connectivity index (χ4n) is 4.83. The zero-order valence-corrected chi connectivity index (χ0v) is 21.7. The number of aliphatic hydroxyl groups is 1. The molecule has 196 valence electrons. The van der Waals surface area contributed by atoms with Crippen LogP contribution in [0, 0.1) is 0 Å². The summed E-state index contributed by atoms with van der Waals surface area (Å²) in [5, 5.41) is 11.3. The predicted octanol–water partition coefficient (Wildman–Crippen LogP) is 4.52. The molecular weight excluding hydrogens is 468 g/mol. The Balaban J connectivity index is 1.65. The minimum absolute atomic E-state index is 0.119. The largest absolute Gasteiger partial charge is 0.507 e. The first-order valence-corrected chi connectivity index (χ1v) is 12.9. The van der Waals surface area contributed by atoms with Crippen LogP contribution in [0.1, 0.15) is 48.9 Å². The van der Waals surface area contributed by atoms with Gasteiger partial charge < -0.3 is 19.5 Å². The van der Waals surface area contributed by atoms with E-state index in [0.29, 0.717) is 43.6 Å². The lowest BCUT2D eigenvalue weighted by molar-refractivity contribution is -0.140. The summed E-state index contributed by atoms with van der Waals surface area (Å²) in [4.78, 5) is 30.4. The van der Waals surface area contributed by atoms with Crippen molar-refractivity contribution in [1.29, 1.82) is 0 Å². The minimum atomic E-state index is -0.659. The number of rotatable bonds is 10. The van der Waals surface area contributed by atoms with E-state index in [-0.39, 0.29) is 11.3 Å². The van der Waals surface area contributed by atoms with E-state index in [2.05, 4.69) is 25.3 Å².